The molecule has 0 spiro atoms. The normalized spacial score (nSPS) is 10.2. The van der Waals surface area contributed by atoms with Crippen LogP contribution in [0.1, 0.15) is 64.3 Å². The monoisotopic (exact) mass is 540 g/mol. The minimum absolute atomic E-state index is 0. The van der Waals surface area contributed by atoms with Crippen molar-refractivity contribution in [2.24, 2.45) is 0 Å². The van der Waals surface area contributed by atoms with Crippen LogP contribution in [-0.4, -0.2) is 38.2 Å². The molecule has 0 aliphatic rings. The zero-order valence-corrected chi connectivity index (χ0v) is 23.1. The van der Waals surface area contributed by atoms with E-state index in [2.05, 4.69) is 80.3 Å². The molecule has 0 radical (unpaired) electrons. The third-order valence-electron chi connectivity index (χ3n) is 3.07. The molecule has 0 aliphatic heterocycles. The second-order valence-corrected chi connectivity index (χ2v) is 8.32. The van der Waals surface area contributed by atoms with E-state index in [9.17, 15) is 0 Å². The van der Waals surface area contributed by atoms with Gasteiger partial charge in [-0.1, -0.05) is 65.3 Å². The molecule has 4 nitrogen and oxygen atoms in total. The predicted octanol–water partition coefficient (Wildman–Crippen LogP) is 6.08. The van der Waals surface area contributed by atoms with E-state index in [1.807, 2.05) is 19.9 Å². The Morgan fingerprint density at radius 3 is 1.33 bits per heavy atom. The zero-order chi connectivity index (χ0) is 21.0. The number of nitrogens with zero attached hydrogens (tertiary/aromatic N) is 2. The number of nitrogens with one attached hydrogen (secondary N) is 2. The maximum absolute atomic E-state index is 3.50. The van der Waals surface area contributed by atoms with Crippen LogP contribution in [0, 0.1) is 26.0 Å². The smallest absolute Gasteiger partial charge is 0.668 e. The number of aromatic nitrogens is 2. The Balaban J connectivity index is -0.000000347. The average Bonchev–Trinajstić information content (AvgIpc) is 3.09. The van der Waals surface area contributed by atoms with E-state index in [1.54, 1.807) is 28.2 Å². The minimum atomic E-state index is 0. The van der Waals surface area contributed by atoms with Gasteiger partial charge in [0.2, 0.25) is 0 Å². The summed E-state index contributed by atoms with van der Waals surface area (Å²) >= 11 is 0. The van der Waals surface area contributed by atoms with Gasteiger partial charge in [0.1, 0.15) is 0 Å². The van der Waals surface area contributed by atoms with Crippen LogP contribution in [0.2, 0.25) is 0 Å². The second kappa shape index (κ2) is 15.3. The van der Waals surface area contributed by atoms with Gasteiger partial charge < -0.3 is 20.6 Å². The summed E-state index contributed by atoms with van der Waals surface area (Å²) in [6.45, 7) is 17.2. The van der Waals surface area contributed by atoms with Crippen LogP contribution in [0.4, 0.5) is 0 Å². The van der Waals surface area contributed by atoms with Crippen molar-refractivity contribution in [3.05, 3.63) is 57.7 Å². The van der Waals surface area contributed by atoms with Crippen LogP contribution in [0.3, 0.4) is 0 Å². The first-order valence-electron chi connectivity index (χ1n) is 8.94. The molecule has 0 unspecified atom stereocenters. The first kappa shape index (κ1) is 31.1. The number of rotatable bonds is 0. The molecule has 2 aromatic rings. The van der Waals surface area contributed by atoms with Gasteiger partial charge in [0.05, 0.1) is 0 Å². The molecule has 0 aliphatic carbocycles. The molecule has 2 N–H and O–H groups in total. The summed E-state index contributed by atoms with van der Waals surface area (Å²) in [6, 6.07) is 10.3. The van der Waals surface area contributed by atoms with Gasteiger partial charge >= 0.3 is 25.8 Å². The Kier molecular flexibility index (Phi) is 17.6. The molecule has 27 heavy (non-hydrogen) atoms. The third kappa shape index (κ3) is 16.0. The molecule has 5 heteroatoms. The topological polar surface area (TPSA) is 59.8 Å². The molecule has 0 saturated carbocycles. The van der Waals surface area contributed by atoms with Gasteiger partial charge in [-0.15, -0.1) is 11.4 Å². The van der Waals surface area contributed by atoms with Crippen molar-refractivity contribution in [2.45, 2.75) is 66.2 Å². The molecule has 0 fully saturated rings. The SMILES string of the molecule is CC(C)(C)c1[c-]cc(C(C)(C)C)[nH]1.C[N-]C.C[N-]C.Cc1[c-]cc(C)[nH]1.[Hf+4]. The van der Waals surface area contributed by atoms with Gasteiger partial charge in [0.15, 0.2) is 0 Å². The summed E-state index contributed by atoms with van der Waals surface area (Å²) in [6.07, 6.45) is 0. The first-order valence-corrected chi connectivity index (χ1v) is 8.94. The van der Waals surface area contributed by atoms with Crippen LogP contribution < -0.4 is 0 Å². The Hall–Kier alpha value is -0.650. The maximum atomic E-state index is 3.50. The molecule has 2 rings (SSSR count). The molecule has 0 saturated heterocycles. The molecule has 2 aromatic heterocycles. The second-order valence-electron chi connectivity index (χ2n) is 8.32. The summed E-state index contributed by atoms with van der Waals surface area (Å²) in [4.78, 5) is 6.52. The fourth-order valence-corrected chi connectivity index (χ4v) is 1.74. The molecule has 0 bridgehead atoms. The van der Waals surface area contributed by atoms with Crippen molar-refractivity contribution in [3.63, 3.8) is 0 Å². The van der Waals surface area contributed by atoms with Crippen molar-refractivity contribution in [3.8, 4) is 0 Å². The summed E-state index contributed by atoms with van der Waals surface area (Å²) in [7, 11) is 7.00. The summed E-state index contributed by atoms with van der Waals surface area (Å²) in [5.74, 6) is 0. The van der Waals surface area contributed by atoms with E-state index in [1.165, 1.54) is 17.1 Å². The zero-order valence-electron chi connectivity index (χ0n) is 19.5. The molecular weight excluding hydrogens is 499 g/mol. The standard InChI is InChI=1S/C12H20N.C6H8N.2C2H6N.Hf/c1-11(2,3)9-7-8-10(13-9)12(4,5)6;1-5-3-4-6(2)7-5;2*1-3-2;/h7,13H,1-6H3;3,7H,1-2H3;2*1-2H3;/q4*-1;+4. The van der Waals surface area contributed by atoms with E-state index in [-0.39, 0.29) is 36.7 Å². The fourth-order valence-electron chi connectivity index (χ4n) is 1.74. The Labute approximate surface area is 187 Å². The molecular formula is C22H40HfN4. The fraction of sp³-hybridized carbons (Fsp3) is 0.636. The van der Waals surface area contributed by atoms with Crippen LogP contribution in [0.15, 0.2) is 12.1 Å². The van der Waals surface area contributed by atoms with Crippen molar-refractivity contribution >= 4 is 0 Å². The van der Waals surface area contributed by atoms with Crippen LogP contribution in [0.25, 0.3) is 10.6 Å². The minimum Gasteiger partial charge on any atom is -0.668 e. The van der Waals surface area contributed by atoms with E-state index >= 15 is 0 Å². The third-order valence-corrected chi connectivity index (χ3v) is 3.07. The molecule has 0 atom stereocenters. The Morgan fingerprint density at radius 2 is 1.19 bits per heavy atom. The summed E-state index contributed by atoms with van der Waals surface area (Å²) < 4.78 is 0. The van der Waals surface area contributed by atoms with Gasteiger partial charge in [-0.05, 0) is 12.3 Å². The van der Waals surface area contributed by atoms with E-state index < -0.39 is 0 Å². The molecule has 0 aromatic carbocycles. The maximum Gasteiger partial charge on any atom is 4.00 e. The largest absolute Gasteiger partial charge is 4.00 e. The van der Waals surface area contributed by atoms with Crippen molar-refractivity contribution in [1.82, 2.24) is 9.97 Å². The van der Waals surface area contributed by atoms with Gasteiger partial charge in [-0.3, -0.25) is 0 Å². The Bertz CT molecular complexity index is 525. The molecule has 0 amide bonds. The predicted molar refractivity (Wildman–Crippen MR) is 117 cm³/mol. The molecule has 152 valence electrons. The number of hydrogen-bond donors (Lipinski definition) is 2. The van der Waals surface area contributed by atoms with Gasteiger partial charge in [0, 0.05) is 0 Å². The van der Waals surface area contributed by atoms with E-state index in [4.69, 9.17) is 0 Å². The van der Waals surface area contributed by atoms with Crippen LogP contribution in [-0.2, 0) is 36.7 Å². The van der Waals surface area contributed by atoms with Gasteiger partial charge in [-0.2, -0.15) is 28.2 Å². The van der Waals surface area contributed by atoms with Gasteiger partial charge in [0.25, 0.3) is 0 Å². The van der Waals surface area contributed by atoms with E-state index in [0.717, 1.165) is 5.69 Å². The Morgan fingerprint density at radius 1 is 0.741 bits per heavy atom. The van der Waals surface area contributed by atoms with Crippen molar-refractivity contribution in [1.29, 1.82) is 0 Å². The van der Waals surface area contributed by atoms with E-state index in [0.29, 0.717) is 0 Å². The quantitative estimate of drug-likeness (QED) is 0.302. The number of aryl methyl sites for hydroxylation is 2. The van der Waals surface area contributed by atoms with Crippen LogP contribution >= 0.6 is 0 Å². The number of hydrogen-bond acceptors (Lipinski definition) is 0. The summed E-state index contributed by atoms with van der Waals surface area (Å²) in [5.41, 5.74) is 5.11. The van der Waals surface area contributed by atoms with Crippen LogP contribution in [0.5, 0.6) is 0 Å². The average molecular weight is 539 g/mol. The molecule has 2 heterocycles. The van der Waals surface area contributed by atoms with Crippen molar-refractivity contribution < 1.29 is 25.8 Å². The van der Waals surface area contributed by atoms with Crippen molar-refractivity contribution in [2.75, 3.05) is 28.2 Å². The number of H-pyrrole nitrogens is 2. The first-order chi connectivity index (χ1) is 11.8. The summed E-state index contributed by atoms with van der Waals surface area (Å²) in [5, 5.41) is 7.00. The number of aromatic amines is 2. The van der Waals surface area contributed by atoms with Gasteiger partial charge in [-0.25, -0.2) is 24.3 Å².